The predicted molar refractivity (Wildman–Crippen MR) is 65.0 cm³/mol. The van der Waals surface area contributed by atoms with E-state index in [2.05, 4.69) is 25.7 Å². The van der Waals surface area contributed by atoms with Crippen LogP contribution >= 0.6 is 0 Å². The monoisotopic (exact) mass is 213 g/mol. The van der Waals surface area contributed by atoms with Crippen molar-refractivity contribution in [1.82, 2.24) is 4.90 Å². The summed E-state index contributed by atoms with van der Waals surface area (Å²) in [5.74, 6) is 0. The molecule has 0 amide bonds. The molecule has 90 valence electrons. The van der Waals surface area contributed by atoms with Crippen molar-refractivity contribution in [2.75, 3.05) is 19.7 Å². The lowest BCUT2D eigenvalue weighted by Gasteiger charge is -2.31. The fraction of sp³-hybridized carbons (Fsp3) is 1.00. The van der Waals surface area contributed by atoms with E-state index in [1.165, 1.54) is 32.1 Å². The van der Waals surface area contributed by atoms with Gasteiger partial charge in [-0.3, -0.25) is 4.90 Å². The van der Waals surface area contributed by atoms with Crippen molar-refractivity contribution in [3.05, 3.63) is 0 Å². The summed E-state index contributed by atoms with van der Waals surface area (Å²) in [5, 5.41) is 9.08. The van der Waals surface area contributed by atoms with Crippen molar-refractivity contribution in [1.29, 1.82) is 0 Å². The number of hydrogen-bond donors (Lipinski definition) is 1. The third kappa shape index (κ3) is 4.98. The van der Waals surface area contributed by atoms with E-state index in [9.17, 15) is 0 Å². The lowest BCUT2D eigenvalue weighted by molar-refractivity contribution is 0.135. The number of aliphatic hydroxyl groups excluding tert-OH is 1. The second kappa shape index (κ2) is 5.86. The van der Waals surface area contributed by atoms with E-state index in [1.807, 2.05) is 0 Å². The van der Waals surface area contributed by atoms with Gasteiger partial charge in [0.25, 0.3) is 0 Å². The highest BCUT2D eigenvalue weighted by Gasteiger charge is 2.23. The van der Waals surface area contributed by atoms with Crippen LogP contribution in [0, 0.1) is 5.41 Å². The molecule has 0 spiro atoms. The molecule has 0 radical (unpaired) electrons. The highest BCUT2D eigenvalue weighted by Crippen LogP contribution is 2.25. The minimum Gasteiger partial charge on any atom is -0.395 e. The standard InChI is InChI=1S/C13H27NO/c1-13(2,3)8-9-14(10-11-15)12-6-4-5-7-12/h12,15H,4-11H2,1-3H3. The van der Waals surface area contributed by atoms with Crippen LogP contribution in [0.3, 0.4) is 0 Å². The normalized spacial score (nSPS) is 19.0. The van der Waals surface area contributed by atoms with Crippen molar-refractivity contribution in [2.24, 2.45) is 5.41 Å². The number of hydrogen-bond acceptors (Lipinski definition) is 2. The molecule has 2 nitrogen and oxygen atoms in total. The molecule has 0 bridgehead atoms. The fourth-order valence-electron chi connectivity index (χ4n) is 2.35. The van der Waals surface area contributed by atoms with Gasteiger partial charge >= 0.3 is 0 Å². The molecule has 0 aromatic heterocycles. The van der Waals surface area contributed by atoms with Crippen LogP contribution in [0.4, 0.5) is 0 Å². The molecule has 1 saturated carbocycles. The first kappa shape index (κ1) is 13.0. The smallest absolute Gasteiger partial charge is 0.0558 e. The number of aliphatic hydroxyl groups is 1. The van der Waals surface area contributed by atoms with E-state index in [-0.39, 0.29) is 0 Å². The van der Waals surface area contributed by atoms with E-state index in [0.29, 0.717) is 12.0 Å². The van der Waals surface area contributed by atoms with E-state index < -0.39 is 0 Å². The van der Waals surface area contributed by atoms with E-state index in [4.69, 9.17) is 5.11 Å². The quantitative estimate of drug-likeness (QED) is 0.759. The second-order valence-electron chi connectivity index (χ2n) is 6.01. The number of nitrogens with zero attached hydrogens (tertiary/aromatic N) is 1. The summed E-state index contributed by atoms with van der Waals surface area (Å²) in [5.41, 5.74) is 0.409. The molecule has 0 aliphatic heterocycles. The van der Waals surface area contributed by atoms with Gasteiger partial charge < -0.3 is 5.11 Å². The average molecular weight is 213 g/mol. The third-order valence-electron chi connectivity index (χ3n) is 3.38. The molecule has 1 fully saturated rings. The Hall–Kier alpha value is -0.0800. The first-order valence-electron chi connectivity index (χ1n) is 6.38. The zero-order chi connectivity index (χ0) is 11.3. The lowest BCUT2D eigenvalue weighted by atomic mass is 9.92. The van der Waals surface area contributed by atoms with E-state index >= 15 is 0 Å². The van der Waals surface area contributed by atoms with Crippen LogP contribution in [0.25, 0.3) is 0 Å². The van der Waals surface area contributed by atoms with Gasteiger partial charge in [0, 0.05) is 12.6 Å². The van der Waals surface area contributed by atoms with Gasteiger partial charge in [0.05, 0.1) is 6.61 Å². The Labute approximate surface area is 94.7 Å². The first-order chi connectivity index (χ1) is 7.03. The molecule has 1 aliphatic carbocycles. The van der Waals surface area contributed by atoms with Crippen LogP contribution < -0.4 is 0 Å². The van der Waals surface area contributed by atoms with Crippen LogP contribution in [0.5, 0.6) is 0 Å². The maximum atomic E-state index is 9.08. The van der Waals surface area contributed by atoms with Gasteiger partial charge in [0.15, 0.2) is 0 Å². The molecule has 2 heteroatoms. The zero-order valence-electron chi connectivity index (χ0n) is 10.6. The van der Waals surface area contributed by atoms with Crippen LogP contribution in [0.15, 0.2) is 0 Å². The molecule has 15 heavy (non-hydrogen) atoms. The fourth-order valence-corrected chi connectivity index (χ4v) is 2.35. The minimum atomic E-state index is 0.306. The highest BCUT2D eigenvalue weighted by atomic mass is 16.3. The Balaban J connectivity index is 2.35. The van der Waals surface area contributed by atoms with Gasteiger partial charge in [0.1, 0.15) is 0 Å². The second-order valence-corrected chi connectivity index (χ2v) is 6.01. The summed E-state index contributed by atoms with van der Waals surface area (Å²) in [6, 6.07) is 0.750. The zero-order valence-corrected chi connectivity index (χ0v) is 10.6. The molecule has 1 aliphatic rings. The van der Waals surface area contributed by atoms with Gasteiger partial charge in [0.2, 0.25) is 0 Å². The summed E-state index contributed by atoms with van der Waals surface area (Å²) < 4.78 is 0. The Bertz CT molecular complexity index is 168. The summed E-state index contributed by atoms with van der Waals surface area (Å²) in [4.78, 5) is 2.50. The Morgan fingerprint density at radius 2 is 1.73 bits per heavy atom. The lowest BCUT2D eigenvalue weighted by Crippen LogP contribution is -2.37. The third-order valence-corrected chi connectivity index (χ3v) is 3.38. The van der Waals surface area contributed by atoms with Crippen molar-refractivity contribution in [2.45, 2.75) is 58.9 Å². The van der Waals surface area contributed by atoms with Gasteiger partial charge in [-0.2, -0.15) is 0 Å². The van der Waals surface area contributed by atoms with Crippen LogP contribution in [-0.4, -0.2) is 35.7 Å². The van der Waals surface area contributed by atoms with Gasteiger partial charge in [-0.25, -0.2) is 0 Å². The summed E-state index contributed by atoms with van der Waals surface area (Å²) >= 11 is 0. The molecular weight excluding hydrogens is 186 g/mol. The van der Waals surface area contributed by atoms with Crippen molar-refractivity contribution < 1.29 is 5.11 Å². The van der Waals surface area contributed by atoms with Crippen molar-refractivity contribution >= 4 is 0 Å². The minimum absolute atomic E-state index is 0.306. The van der Waals surface area contributed by atoms with Gasteiger partial charge in [-0.15, -0.1) is 0 Å². The largest absolute Gasteiger partial charge is 0.395 e. The maximum absolute atomic E-state index is 9.08. The van der Waals surface area contributed by atoms with E-state index in [1.54, 1.807) is 0 Å². The Morgan fingerprint density at radius 1 is 1.13 bits per heavy atom. The van der Waals surface area contributed by atoms with Crippen LogP contribution in [-0.2, 0) is 0 Å². The highest BCUT2D eigenvalue weighted by molar-refractivity contribution is 4.78. The Kier molecular flexibility index (Phi) is 5.07. The Morgan fingerprint density at radius 3 is 2.20 bits per heavy atom. The van der Waals surface area contributed by atoms with E-state index in [0.717, 1.165) is 19.1 Å². The summed E-state index contributed by atoms with van der Waals surface area (Å²) in [6.45, 7) is 9.19. The van der Waals surface area contributed by atoms with Crippen molar-refractivity contribution in [3.8, 4) is 0 Å². The summed E-state index contributed by atoms with van der Waals surface area (Å²) in [7, 11) is 0. The maximum Gasteiger partial charge on any atom is 0.0558 e. The summed E-state index contributed by atoms with van der Waals surface area (Å²) in [6.07, 6.45) is 6.65. The first-order valence-corrected chi connectivity index (χ1v) is 6.38. The molecule has 1 N–H and O–H groups in total. The molecule has 0 atom stereocenters. The molecule has 0 saturated heterocycles. The molecule has 0 aromatic rings. The topological polar surface area (TPSA) is 23.5 Å². The van der Waals surface area contributed by atoms with Gasteiger partial charge in [-0.05, 0) is 31.2 Å². The van der Waals surface area contributed by atoms with Crippen LogP contribution in [0.1, 0.15) is 52.9 Å². The van der Waals surface area contributed by atoms with Gasteiger partial charge in [-0.1, -0.05) is 33.6 Å². The number of rotatable bonds is 5. The van der Waals surface area contributed by atoms with Crippen molar-refractivity contribution in [3.63, 3.8) is 0 Å². The average Bonchev–Trinajstić information content (AvgIpc) is 2.63. The molecule has 0 heterocycles. The van der Waals surface area contributed by atoms with Crippen LogP contribution in [0.2, 0.25) is 0 Å². The molecule has 1 rings (SSSR count). The molecule has 0 aromatic carbocycles. The molecule has 0 unspecified atom stereocenters. The molecular formula is C13H27NO. The SMILES string of the molecule is CC(C)(C)CCN(CCO)C1CCCC1. The predicted octanol–water partition coefficient (Wildman–Crippen LogP) is 2.66.